The van der Waals surface area contributed by atoms with E-state index in [2.05, 4.69) is 35.7 Å². The Hall–Kier alpha value is -0.230. The molecule has 2 aromatic heterocycles. The van der Waals surface area contributed by atoms with Crippen LogP contribution in [0.4, 0.5) is 0 Å². The summed E-state index contributed by atoms with van der Waals surface area (Å²) in [6.45, 7) is 6.21. The number of hydrogen-bond acceptors (Lipinski definition) is 4. The van der Waals surface area contributed by atoms with Gasteiger partial charge in [0, 0.05) is 5.56 Å². The molecule has 0 aromatic carbocycles. The Bertz CT molecular complexity index is 752. The molecule has 0 saturated carbocycles. The van der Waals surface area contributed by atoms with E-state index in [1.165, 1.54) is 0 Å². The van der Waals surface area contributed by atoms with Crippen molar-refractivity contribution in [2.75, 3.05) is 0 Å². The van der Waals surface area contributed by atoms with Gasteiger partial charge in [-0.15, -0.1) is 0 Å². The van der Waals surface area contributed by atoms with Gasteiger partial charge < -0.3 is 4.42 Å². The van der Waals surface area contributed by atoms with Gasteiger partial charge in [-0.05, 0) is 23.6 Å². The van der Waals surface area contributed by atoms with Crippen LogP contribution in [0, 0.1) is 0 Å². The van der Waals surface area contributed by atoms with Crippen molar-refractivity contribution >= 4 is 81.8 Å². The Morgan fingerprint density at radius 1 is 0.840 bits per heavy atom. The Morgan fingerprint density at radius 2 is 1.36 bits per heavy atom. The van der Waals surface area contributed by atoms with Crippen LogP contribution in [0.5, 0.6) is 0 Å². The van der Waals surface area contributed by atoms with Crippen molar-refractivity contribution in [1.82, 2.24) is 15.0 Å². The van der Waals surface area contributed by atoms with E-state index in [9.17, 15) is 0 Å². The third-order valence-corrected chi connectivity index (χ3v) is 4.06. The highest BCUT2D eigenvalue weighted by Crippen LogP contribution is 2.40. The van der Waals surface area contributed by atoms with E-state index in [1.54, 1.807) is 18.4 Å². The third-order valence-electron chi connectivity index (χ3n) is 3.05. The van der Waals surface area contributed by atoms with Crippen LogP contribution < -0.4 is 0 Å². The van der Waals surface area contributed by atoms with Gasteiger partial charge in [0.25, 0.3) is 0 Å². The van der Waals surface area contributed by atoms with E-state index >= 15 is 0 Å². The minimum atomic E-state index is -1.89. The summed E-state index contributed by atoms with van der Waals surface area (Å²) in [6, 6.07) is 1.90. The maximum atomic E-state index is 5.84. The van der Waals surface area contributed by atoms with Gasteiger partial charge in [-0.1, -0.05) is 90.4 Å². The van der Waals surface area contributed by atoms with E-state index in [0.717, 1.165) is 5.56 Å². The van der Waals surface area contributed by atoms with Gasteiger partial charge in [-0.3, -0.25) is 0 Å². The van der Waals surface area contributed by atoms with Gasteiger partial charge in [-0.25, -0.2) is 15.0 Å². The molecule has 0 N–H and O–H groups in total. The molecule has 0 atom stereocenters. The van der Waals surface area contributed by atoms with Gasteiger partial charge in [0.05, 0.1) is 6.26 Å². The molecule has 0 aliphatic heterocycles. The predicted octanol–water partition coefficient (Wildman–Crippen LogP) is 6.59. The molecule has 4 nitrogen and oxygen atoms in total. The van der Waals surface area contributed by atoms with E-state index in [-0.39, 0.29) is 22.9 Å². The largest absolute Gasteiger partial charge is 0.465 e. The zero-order chi connectivity index (χ0) is 19.0. The SMILES string of the molecule is CC(C)(C)c1ccoc1/C=C/c1nc(C(Cl)(Cl)Cl)nc(C(Cl)(Cl)Cl)n1. The van der Waals surface area contributed by atoms with Crippen LogP contribution in [0.1, 0.15) is 49.6 Å². The predicted molar refractivity (Wildman–Crippen MR) is 105 cm³/mol. The van der Waals surface area contributed by atoms with Crippen LogP contribution in [0.3, 0.4) is 0 Å². The van der Waals surface area contributed by atoms with Crippen molar-refractivity contribution < 1.29 is 4.42 Å². The highest BCUT2D eigenvalue weighted by atomic mass is 35.6. The van der Waals surface area contributed by atoms with Crippen LogP contribution in [0.2, 0.25) is 0 Å². The number of aromatic nitrogens is 3. The second kappa shape index (κ2) is 7.41. The number of rotatable bonds is 2. The molecule has 0 saturated heterocycles. The summed E-state index contributed by atoms with van der Waals surface area (Å²) < 4.78 is 1.71. The lowest BCUT2D eigenvalue weighted by molar-refractivity contribution is 0.528. The number of halogens is 6. The first-order valence-electron chi connectivity index (χ1n) is 6.95. The second-order valence-electron chi connectivity index (χ2n) is 6.12. The van der Waals surface area contributed by atoms with Crippen molar-refractivity contribution in [2.45, 2.75) is 33.8 Å². The van der Waals surface area contributed by atoms with Gasteiger partial charge in [0.2, 0.25) is 7.59 Å². The number of furan rings is 1. The Labute approximate surface area is 175 Å². The summed E-state index contributed by atoms with van der Waals surface area (Å²) in [5.41, 5.74) is 0.915. The zero-order valence-corrected chi connectivity index (χ0v) is 17.9. The van der Waals surface area contributed by atoms with Crippen molar-refractivity contribution in [2.24, 2.45) is 0 Å². The van der Waals surface area contributed by atoms with Gasteiger partial charge in [-0.2, -0.15) is 0 Å². The summed E-state index contributed by atoms with van der Waals surface area (Å²) in [4.78, 5) is 12.1. The van der Waals surface area contributed by atoms with Crippen molar-refractivity contribution in [3.63, 3.8) is 0 Å². The Kier molecular flexibility index (Phi) is 6.25. The fourth-order valence-electron chi connectivity index (χ4n) is 1.94. The summed E-state index contributed by atoms with van der Waals surface area (Å²) >= 11 is 35.1. The quantitative estimate of drug-likeness (QED) is 0.471. The average molecular weight is 464 g/mol. The summed E-state index contributed by atoms with van der Waals surface area (Å²) in [5, 5.41) is 0. The Morgan fingerprint density at radius 3 is 1.80 bits per heavy atom. The number of alkyl halides is 6. The summed E-state index contributed by atoms with van der Waals surface area (Å²) in [5.74, 6) is 0.514. The molecule has 2 aromatic rings. The molecule has 2 rings (SSSR count). The number of nitrogens with zero attached hydrogens (tertiary/aromatic N) is 3. The van der Waals surface area contributed by atoms with Crippen LogP contribution >= 0.6 is 69.6 Å². The fraction of sp³-hybridized carbons (Fsp3) is 0.400. The molecule has 0 aliphatic carbocycles. The van der Waals surface area contributed by atoms with Gasteiger partial charge in [0.1, 0.15) is 5.76 Å². The molecule has 2 heterocycles. The van der Waals surface area contributed by atoms with Crippen molar-refractivity contribution in [3.05, 3.63) is 41.1 Å². The molecule has 0 amide bonds. The van der Waals surface area contributed by atoms with Crippen LogP contribution in [-0.4, -0.2) is 15.0 Å². The fourth-order valence-corrected chi connectivity index (χ4v) is 2.45. The van der Waals surface area contributed by atoms with E-state index < -0.39 is 7.59 Å². The molecule has 0 aliphatic rings. The molecule has 0 spiro atoms. The van der Waals surface area contributed by atoms with Crippen LogP contribution in [0.15, 0.2) is 16.7 Å². The molecule has 0 unspecified atom stereocenters. The lowest BCUT2D eigenvalue weighted by atomic mass is 9.87. The highest BCUT2D eigenvalue weighted by Gasteiger charge is 2.33. The molecule has 0 radical (unpaired) electrons. The molecular weight excluding hydrogens is 451 g/mol. The summed E-state index contributed by atoms with van der Waals surface area (Å²) in [6.07, 6.45) is 4.86. The van der Waals surface area contributed by atoms with Gasteiger partial charge in [0.15, 0.2) is 17.5 Å². The maximum absolute atomic E-state index is 5.84. The van der Waals surface area contributed by atoms with E-state index in [4.69, 9.17) is 74.0 Å². The lowest BCUT2D eigenvalue weighted by Gasteiger charge is -2.17. The van der Waals surface area contributed by atoms with E-state index in [1.807, 2.05) is 6.07 Å². The van der Waals surface area contributed by atoms with Gasteiger partial charge >= 0.3 is 0 Å². The smallest absolute Gasteiger partial charge is 0.250 e. The monoisotopic (exact) mass is 461 g/mol. The zero-order valence-electron chi connectivity index (χ0n) is 13.3. The molecule has 0 bridgehead atoms. The average Bonchev–Trinajstić information content (AvgIpc) is 2.91. The first kappa shape index (κ1) is 21.1. The second-order valence-corrected chi connectivity index (χ2v) is 10.7. The molecule has 10 heteroatoms. The first-order chi connectivity index (χ1) is 11.3. The Balaban J connectivity index is 2.48. The minimum Gasteiger partial charge on any atom is -0.465 e. The van der Waals surface area contributed by atoms with Crippen molar-refractivity contribution in [3.8, 4) is 0 Å². The molecule has 0 fully saturated rings. The summed E-state index contributed by atoms with van der Waals surface area (Å²) in [7, 11) is 0. The molecular formula is C15H13Cl6N3O. The number of hydrogen-bond donors (Lipinski definition) is 0. The maximum Gasteiger partial charge on any atom is 0.250 e. The molecule has 136 valence electrons. The van der Waals surface area contributed by atoms with Crippen molar-refractivity contribution in [1.29, 1.82) is 0 Å². The lowest BCUT2D eigenvalue weighted by Crippen LogP contribution is -2.17. The normalized spacial score (nSPS) is 13.6. The standard InChI is InChI=1S/C15H13Cl6N3O/c1-13(2,3)8-6-7-25-9(8)4-5-10-22-11(14(16,17)18)24-12(23-10)15(19,20)21/h4-7H,1-3H3/b5-4+. The minimum absolute atomic E-state index is 0.1000. The van der Waals surface area contributed by atoms with Crippen LogP contribution in [0.25, 0.3) is 12.2 Å². The highest BCUT2D eigenvalue weighted by molar-refractivity contribution is 6.67. The van der Waals surface area contributed by atoms with E-state index in [0.29, 0.717) is 5.76 Å². The molecule has 25 heavy (non-hydrogen) atoms. The van der Waals surface area contributed by atoms with Crippen LogP contribution in [-0.2, 0) is 13.0 Å². The first-order valence-corrected chi connectivity index (χ1v) is 9.22. The topological polar surface area (TPSA) is 51.8 Å². The third kappa shape index (κ3) is 5.62.